The number of ether oxygens (including phenoxy) is 1. The van der Waals surface area contributed by atoms with Gasteiger partial charge in [0, 0.05) is 18.3 Å². The highest BCUT2D eigenvalue weighted by molar-refractivity contribution is 6.42. The van der Waals surface area contributed by atoms with Crippen LogP contribution in [-0.2, 0) is 19.1 Å². The molecule has 1 aromatic carbocycles. The largest absolute Gasteiger partial charge is 0.359 e. The highest BCUT2D eigenvalue weighted by Gasteiger charge is 2.72. The number of carbonyl (C=O) groups excluding carboxylic acids is 3. The molecule has 2 N–H and O–H groups in total. The van der Waals surface area contributed by atoms with E-state index in [1.165, 1.54) is 6.42 Å². The maximum absolute atomic E-state index is 14.1. The molecule has 1 spiro atoms. The van der Waals surface area contributed by atoms with E-state index in [-0.39, 0.29) is 23.8 Å². The number of likely N-dealkylation sites (tertiary alicyclic amines) is 1. The lowest BCUT2D eigenvalue weighted by Gasteiger charge is -2.34. The minimum atomic E-state index is -1.16. The Labute approximate surface area is 246 Å². The van der Waals surface area contributed by atoms with Gasteiger partial charge in [0.15, 0.2) is 0 Å². The summed E-state index contributed by atoms with van der Waals surface area (Å²) in [7, 11) is 2.08. The molecule has 10 heteroatoms. The van der Waals surface area contributed by atoms with Gasteiger partial charge in [-0.25, -0.2) is 0 Å². The van der Waals surface area contributed by atoms with Gasteiger partial charge in [-0.05, 0) is 64.0 Å². The standard InChI is InChI=1S/C30H40Cl2N4O4/c1-3-4-15-35(2)16-8-17-36-26(28(38)33-19-9-6-5-7-10-19)30-14-13-23(40-30)24(25(30)29(36)39)27(37)34-20-11-12-21(31)22(32)18-20/h11-14,18-19,23-26H,3-10,15-17H2,1-2H3,(H,33,38)(H,34,37). The zero-order valence-electron chi connectivity index (χ0n) is 23.3. The zero-order chi connectivity index (χ0) is 28.4. The topological polar surface area (TPSA) is 91.0 Å². The Morgan fingerprint density at radius 3 is 2.58 bits per heavy atom. The van der Waals surface area contributed by atoms with Gasteiger partial charge in [-0.1, -0.05) is 68.0 Å². The maximum Gasteiger partial charge on any atom is 0.246 e. The Morgan fingerprint density at radius 2 is 1.85 bits per heavy atom. The molecule has 5 rings (SSSR count). The molecule has 1 saturated carbocycles. The lowest BCUT2D eigenvalue weighted by atomic mass is 9.74. The van der Waals surface area contributed by atoms with Crippen LogP contribution in [0.2, 0.25) is 10.0 Å². The molecule has 5 atom stereocenters. The third-order valence-electron chi connectivity index (χ3n) is 8.90. The van der Waals surface area contributed by atoms with E-state index in [0.717, 1.165) is 58.0 Å². The first-order chi connectivity index (χ1) is 19.2. The molecule has 3 fully saturated rings. The minimum absolute atomic E-state index is 0.102. The number of hydrogen-bond donors (Lipinski definition) is 2. The number of halogens is 2. The van der Waals surface area contributed by atoms with Crippen molar-refractivity contribution in [1.29, 1.82) is 0 Å². The second-order valence-corrected chi connectivity index (χ2v) is 12.5. The van der Waals surface area contributed by atoms with E-state index in [1.807, 2.05) is 12.2 Å². The van der Waals surface area contributed by atoms with Crippen molar-refractivity contribution in [2.45, 2.75) is 82.1 Å². The summed E-state index contributed by atoms with van der Waals surface area (Å²) in [5, 5.41) is 6.85. The fourth-order valence-corrected chi connectivity index (χ4v) is 7.18. The summed E-state index contributed by atoms with van der Waals surface area (Å²) < 4.78 is 6.45. The lowest BCUT2D eigenvalue weighted by Crippen LogP contribution is -2.56. The van der Waals surface area contributed by atoms with Crippen molar-refractivity contribution in [3.8, 4) is 0 Å². The number of nitrogens with one attached hydrogen (secondary N) is 2. The highest BCUT2D eigenvalue weighted by atomic mass is 35.5. The third kappa shape index (κ3) is 5.65. The van der Waals surface area contributed by atoms with Gasteiger partial charge in [-0.15, -0.1) is 0 Å². The lowest BCUT2D eigenvalue weighted by molar-refractivity contribution is -0.141. The molecule has 3 amide bonds. The summed E-state index contributed by atoms with van der Waals surface area (Å²) in [6, 6.07) is 4.16. The first-order valence-electron chi connectivity index (χ1n) is 14.7. The van der Waals surface area contributed by atoms with Crippen LogP contribution in [0.25, 0.3) is 0 Å². The van der Waals surface area contributed by atoms with Crippen molar-refractivity contribution in [2.75, 3.05) is 32.0 Å². The molecule has 3 aliphatic heterocycles. The van der Waals surface area contributed by atoms with Crippen LogP contribution >= 0.6 is 23.2 Å². The van der Waals surface area contributed by atoms with Crippen molar-refractivity contribution in [1.82, 2.24) is 15.1 Å². The average Bonchev–Trinajstić information content (AvgIpc) is 3.57. The summed E-state index contributed by atoms with van der Waals surface area (Å²) in [6.07, 6.45) is 11.3. The Morgan fingerprint density at radius 1 is 1.10 bits per heavy atom. The van der Waals surface area contributed by atoms with Gasteiger partial charge in [0.25, 0.3) is 0 Å². The van der Waals surface area contributed by atoms with Crippen molar-refractivity contribution in [3.05, 3.63) is 40.4 Å². The summed E-state index contributed by atoms with van der Waals surface area (Å²) in [5.74, 6) is -2.24. The molecule has 3 heterocycles. The molecule has 0 radical (unpaired) electrons. The maximum atomic E-state index is 14.1. The van der Waals surface area contributed by atoms with Crippen molar-refractivity contribution < 1.29 is 19.1 Å². The molecule has 1 aliphatic carbocycles. The number of anilines is 1. The van der Waals surface area contributed by atoms with Gasteiger partial charge < -0.3 is 25.2 Å². The van der Waals surface area contributed by atoms with Crippen molar-refractivity contribution >= 4 is 46.6 Å². The molecular weight excluding hydrogens is 551 g/mol. The van der Waals surface area contributed by atoms with Crippen LogP contribution in [0, 0.1) is 11.8 Å². The van der Waals surface area contributed by atoms with Gasteiger partial charge in [0.05, 0.1) is 28.0 Å². The fraction of sp³-hybridized carbons (Fsp3) is 0.633. The van der Waals surface area contributed by atoms with Crippen LogP contribution in [0.4, 0.5) is 5.69 Å². The normalized spacial score (nSPS) is 29.3. The molecule has 0 aromatic heterocycles. The van der Waals surface area contributed by atoms with Gasteiger partial charge in [-0.2, -0.15) is 0 Å². The Bertz CT molecular complexity index is 1160. The summed E-state index contributed by atoms with van der Waals surface area (Å²) in [5.41, 5.74) is -0.668. The number of amides is 3. The predicted octanol–water partition coefficient (Wildman–Crippen LogP) is 4.65. The molecule has 4 aliphatic rings. The molecule has 218 valence electrons. The van der Waals surface area contributed by atoms with E-state index in [2.05, 4.69) is 29.5 Å². The minimum Gasteiger partial charge on any atom is -0.359 e. The number of benzene rings is 1. The Hall–Kier alpha value is -2.13. The number of unbranched alkanes of at least 4 members (excludes halogenated alkanes) is 1. The highest BCUT2D eigenvalue weighted by Crippen LogP contribution is 2.55. The van der Waals surface area contributed by atoms with Gasteiger partial charge in [0.2, 0.25) is 17.7 Å². The number of nitrogens with zero attached hydrogens (tertiary/aromatic N) is 2. The number of carbonyl (C=O) groups is 3. The molecular formula is C30H40Cl2N4O4. The average molecular weight is 592 g/mol. The predicted molar refractivity (Wildman–Crippen MR) is 156 cm³/mol. The number of rotatable bonds is 11. The van der Waals surface area contributed by atoms with Crippen LogP contribution in [0.15, 0.2) is 30.4 Å². The van der Waals surface area contributed by atoms with Crippen LogP contribution in [0.5, 0.6) is 0 Å². The number of hydrogen-bond acceptors (Lipinski definition) is 5. The van der Waals surface area contributed by atoms with Gasteiger partial charge in [-0.3, -0.25) is 14.4 Å². The van der Waals surface area contributed by atoms with Crippen LogP contribution in [0.1, 0.15) is 58.3 Å². The fourth-order valence-electron chi connectivity index (χ4n) is 6.89. The molecule has 8 nitrogen and oxygen atoms in total. The second-order valence-electron chi connectivity index (χ2n) is 11.7. The monoisotopic (exact) mass is 590 g/mol. The summed E-state index contributed by atoms with van der Waals surface area (Å²) in [4.78, 5) is 45.6. The third-order valence-corrected chi connectivity index (χ3v) is 9.63. The van der Waals surface area contributed by atoms with E-state index < -0.39 is 29.6 Å². The Balaban J connectivity index is 1.37. The van der Waals surface area contributed by atoms with Gasteiger partial charge in [0.1, 0.15) is 11.6 Å². The summed E-state index contributed by atoms with van der Waals surface area (Å²) >= 11 is 12.2. The van der Waals surface area contributed by atoms with Crippen LogP contribution < -0.4 is 10.6 Å². The first-order valence-corrected chi connectivity index (χ1v) is 15.4. The number of fused-ring (bicyclic) bond motifs is 1. The molecule has 2 bridgehead atoms. The van der Waals surface area contributed by atoms with Crippen LogP contribution in [-0.4, -0.2) is 78.0 Å². The van der Waals surface area contributed by atoms with Crippen molar-refractivity contribution in [3.63, 3.8) is 0 Å². The quantitative estimate of drug-likeness (QED) is 0.366. The SMILES string of the molecule is CCCCN(C)CCCN1C(=O)C2C(C(=O)Nc3ccc(Cl)c(Cl)c3)C3C=CC2(O3)C1C(=O)NC1CCCCC1. The van der Waals surface area contributed by atoms with E-state index in [4.69, 9.17) is 27.9 Å². The second kappa shape index (κ2) is 12.4. The van der Waals surface area contributed by atoms with Gasteiger partial charge >= 0.3 is 0 Å². The molecule has 5 unspecified atom stereocenters. The molecule has 40 heavy (non-hydrogen) atoms. The smallest absolute Gasteiger partial charge is 0.246 e. The van der Waals surface area contributed by atoms with E-state index in [9.17, 15) is 14.4 Å². The molecule has 1 aromatic rings. The van der Waals surface area contributed by atoms with E-state index in [0.29, 0.717) is 22.3 Å². The van der Waals surface area contributed by atoms with Crippen LogP contribution in [0.3, 0.4) is 0 Å². The zero-order valence-corrected chi connectivity index (χ0v) is 24.8. The molecule has 2 saturated heterocycles. The first kappa shape index (κ1) is 29.4. The Kier molecular flexibility index (Phi) is 9.10. The summed E-state index contributed by atoms with van der Waals surface area (Å²) in [6.45, 7) is 4.41. The van der Waals surface area contributed by atoms with E-state index in [1.54, 1.807) is 23.1 Å². The van der Waals surface area contributed by atoms with E-state index >= 15 is 0 Å². The van der Waals surface area contributed by atoms with Crippen molar-refractivity contribution in [2.24, 2.45) is 11.8 Å².